The predicted octanol–water partition coefficient (Wildman–Crippen LogP) is 5.44. The molecule has 0 saturated carbocycles. The number of hydrogen-bond acceptors (Lipinski definition) is 4. The fourth-order valence-corrected chi connectivity index (χ4v) is 2.95. The van der Waals surface area contributed by atoms with Crippen LogP contribution in [0, 0.1) is 0 Å². The minimum atomic E-state index is -4.53. The number of alkyl halides is 6. The summed E-state index contributed by atoms with van der Waals surface area (Å²) in [5.74, 6) is -0.795. The van der Waals surface area contributed by atoms with Crippen molar-refractivity contribution in [1.82, 2.24) is 0 Å². The lowest BCUT2D eigenvalue weighted by atomic mass is 10.0. The first-order valence-electron chi connectivity index (χ1n) is 8.82. The quantitative estimate of drug-likeness (QED) is 0.475. The van der Waals surface area contributed by atoms with Gasteiger partial charge in [0.25, 0.3) is 0 Å². The van der Waals surface area contributed by atoms with E-state index < -0.39 is 47.9 Å². The summed E-state index contributed by atoms with van der Waals surface area (Å²) in [6.45, 7) is 1.59. The number of benzene rings is 2. The van der Waals surface area contributed by atoms with Gasteiger partial charge in [-0.15, -0.1) is 0 Å². The minimum absolute atomic E-state index is 0.0311. The van der Waals surface area contributed by atoms with Crippen molar-refractivity contribution < 1.29 is 45.3 Å². The van der Waals surface area contributed by atoms with E-state index >= 15 is 0 Å². The summed E-state index contributed by atoms with van der Waals surface area (Å²) >= 11 is 0. The smallest absolute Gasteiger partial charge is 0.416 e. The highest BCUT2D eigenvalue weighted by Crippen LogP contribution is 2.42. The Labute approximate surface area is 167 Å². The number of hydrogen-bond donors (Lipinski definition) is 0. The lowest BCUT2D eigenvalue weighted by Crippen LogP contribution is -2.28. The summed E-state index contributed by atoms with van der Waals surface area (Å²) in [6, 6.07) is 7.95. The normalized spacial score (nSPS) is 22.2. The van der Waals surface area contributed by atoms with Crippen molar-refractivity contribution in [2.45, 2.75) is 37.8 Å². The first kappa shape index (κ1) is 22.1. The van der Waals surface area contributed by atoms with Gasteiger partial charge in [-0.05, 0) is 36.8 Å². The van der Waals surface area contributed by atoms with Crippen LogP contribution in [0.25, 0.3) is 0 Å². The summed E-state index contributed by atoms with van der Waals surface area (Å²) in [6.07, 6.45) is -12.7. The topological polar surface area (TPSA) is 44.8 Å². The molecule has 1 saturated heterocycles. The Morgan fingerprint density at radius 3 is 1.73 bits per heavy atom. The Bertz CT molecular complexity index is 874. The van der Waals surface area contributed by atoms with Gasteiger partial charge in [-0.1, -0.05) is 24.3 Å². The van der Waals surface area contributed by atoms with Gasteiger partial charge in [-0.25, -0.2) is 4.79 Å². The van der Waals surface area contributed by atoms with Crippen LogP contribution in [0.5, 0.6) is 0 Å². The first-order valence-corrected chi connectivity index (χ1v) is 8.82. The van der Waals surface area contributed by atoms with Crippen molar-refractivity contribution in [3.8, 4) is 0 Å². The van der Waals surface area contributed by atoms with Crippen molar-refractivity contribution in [3.05, 3.63) is 70.8 Å². The van der Waals surface area contributed by atoms with Crippen LogP contribution < -0.4 is 0 Å². The van der Waals surface area contributed by atoms with Gasteiger partial charge in [-0.2, -0.15) is 26.3 Å². The zero-order valence-corrected chi connectivity index (χ0v) is 15.5. The van der Waals surface area contributed by atoms with Crippen LogP contribution >= 0.6 is 0 Å². The fourth-order valence-electron chi connectivity index (χ4n) is 2.95. The van der Waals surface area contributed by atoms with Gasteiger partial charge in [0.1, 0.15) is 6.10 Å². The number of ether oxygens (including phenoxy) is 3. The third kappa shape index (κ3) is 4.76. The molecule has 4 nitrogen and oxygen atoms in total. The van der Waals surface area contributed by atoms with Crippen LogP contribution in [0.15, 0.2) is 48.5 Å². The Morgan fingerprint density at radius 2 is 1.30 bits per heavy atom. The molecule has 162 valence electrons. The van der Waals surface area contributed by atoms with E-state index in [1.165, 1.54) is 0 Å². The Hall–Kier alpha value is -2.59. The molecule has 2 aromatic carbocycles. The van der Waals surface area contributed by atoms with Crippen molar-refractivity contribution in [2.24, 2.45) is 0 Å². The molecule has 1 fully saturated rings. The fraction of sp³-hybridized carbons (Fsp3) is 0.350. The van der Waals surface area contributed by atoms with Gasteiger partial charge in [0, 0.05) is 5.56 Å². The van der Waals surface area contributed by atoms with Crippen LogP contribution in [-0.4, -0.2) is 18.7 Å². The zero-order valence-electron chi connectivity index (χ0n) is 15.5. The average molecular weight is 434 g/mol. The van der Waals surface area contributed by atoms with Crippen molar-refractivity contribution in [2.75, 3.05) is 6.61 Å². The van der Waals surface area contributed by atoms with Gasteiger partial charge < -0.3 is 14.2 Å². The molecule has 10 heteroatoms. The number of carbonyl (C=O) groups is 1. The summed E-state index contributed by atoms with van der Waals surface area (Å²) in [4.78, 5) is 12.3. The van der Waals surface area contributed by atoms with Gasteiger partial charge in [-0.3, -0.25) is 0 Å². The SMILES string of the molecule is CCOC(=O)[C@H]1O[C@@H](c2ccc(C(F)(F)F)cc2)O[C@@H]1c1ccc(C(F)(F)F)cc1. The maximum atomic E-state index is 12.8. The van der Waals surface area contributed by atoms with E-state index in [1.807, 2.05) is 0 Å². The molecule has 1 aliphatic rings. The van der Waals surface area contributed by atoms with E-state index in [9.17, 15) is 31.1 Å². The van der Waals surface area contributed by atoms with E-state index in [4.69, 9.17) is 14.2 Å². The van der Waals surface area contributed by atoms with Crippen LogP contribution in [0.4, 0.5) is 26.3 Å². The highest BCUT2D eigenvalue weighted by Gasteiger charge is 2.44. The van der Waals surface area contributed by atoms with E-state index in [1.54, 1.807) is 6.92 Å². The number of carbonyl (C=O) groups excluding carboxylic acids is 1. The molecule has 3 rings (SSSR count). The second kappa shape index (κ2) is 8.27. The molecule has 0 bridgehead atoms. The van der Waals surface area contributed by atoms with E-state index in [-0.39, 0.29) is 17.7 Å². The van der Waals surface area contributed by atoms with Crippen LogP contribution in [0.1, 0.15) is 41.6 Å². The molecule has 0 unspecified atom stereocenters. The molecule has 3 atom stereocenters. The molecule has 0 aliphatic carbocycles. The molecule has 1 aliphatic heterocycles. The lowest BCUT2D eigenvalue weighted by molar-refractivity contribution is -0.157. The van der Waals surface area contributed by atoms with Crippen LogP contribution in [0.3, 0.4) is 0 Å². The first-order chi connectivity index (χ1) is 14.0. The molecule has 1 heterocycles. The zero-order chi connectivity index (χ0) is 22.1. The molecule has 2 aromatic rings. The predicted molar refractivity (Wildman–Crippen MR) is 91.0 cm³/mol. The van der Waals surface area contributed by atoms with Crippen LogP contribution in [0.2, 0.25) is 0 Å². The third-order valence-corrected chi connectivity index (χ3v) is 4.41. The average Bonchev–Trinajstić information content (AvgIpc) is 3.13. The Balaban J connectivity index is 1.87. The second-order valence-corrected chi connectivity index (χ2v) is 6.44. The molecule has 0 aromatic heterocycles. The van der Waals surface area contributed by atoms with Gasteiger partial charge >= 0.3 is 18.3 Å². The molecular formula is C20H16F6O4. The summed E-state index contributed by atoms with van der Waals surface area (Å²) < 4.78 is 92.8. The second-order valence-electron chi connectivity index (χ2n) is 6.44. The van der Waals surface area contributed by atoms with Gasteiger partial charge in [0.15, 0.2) is 12.4 Å². The van der Waals surface area contributed by atoms with E-state index in [0.717, 1.165) is 48.5 Å². The van der Waals surface area contributed by atoms with Gasteiger partial charge in [0.05, 0.1) is 17.7 Å². The highest BCUT2D eigenvalue weighted by molar-refractivity contribution is 5.76. The minimum Gasteiger partial charge on any atom is -0.464 e. The number of esters is 1. The maximum Gasteiger partial charge on any atom is 0.416 e. The highest BCUT2D eigenvalue weighted by atomic mass is 19.4. The van der Waals surface area contributed by atoms with Crippen molar-refractivity contribution in [3.63, 3.8) is 0 Å². The third-order valence-electron chi connectivity index (χ3n) is 4.41. The molecule has 0 spiro atoms. The number of rotatable bonds is 4. The molecule has 0 radical (unpaired) electrons. The monoisotopic (exact) mass is 434 g/mol. The summed E-state index contributed by atoms with van der Waals surface area (Å²) in [5.41, 5.74) is -1.30. The summed E-state index contributed by atoms with van der Waals surface area (Å²) in [7, 11) is 0. The molecular weight excluding hydrogens is 418 g/mol. The van der Waals surface area contributed by atoms with Gasteiger partial charge in [0.2, 0.25) is 0 Å². The molecule has 30 heavy (non-hydrogen) atoms. The molecule has 0 amide bonds. The van der Waals surface area contributed by atoms with Crippen molar-refractivity contribution >= 4 is 5.97 Å². The van der Waals surface area contributed by atoms with Crippen molar-refractivity contribution in [1.29, 1.82) is 0 Å². The van der Waals surface area contributed by atoms with E-state index in [2.05, 4.69) is 0 Å². The van der Waals surface area contributed by atoms with Crippen LogP contribution in [-0.2, 0) is 31.4 Å². The summed E-state index contributed by atoms with van der Waals surface area (Å²) in [5, 5.41) is 0. The Kier molecular flexibility index (Phi) is 6.09. The largest absolute Gasteiger partial charge is 0.464 e. The lowest BCUT2D eigenvalue weighted by Gasteiger charge is -2.16. The number of halogens is 6. The van der Waals surface area contributed by atoms with E-state index in [0.29, 0.717) is 0 Å². The maximum absolute atomic E-state index is 12.8. The Morgan fingerprint density at radius 1 is 0.833 bits per heavy atom. The molecule has 0 N–H and O–H groups in total. The standard InChI is InChI=1S/C20H16F6O4/c1-2-28-17(27)16-15(11-3-7-13(8-4-11)19(21,22)23)29-18(30-16)12-5-9-14(10-6-12)20(24,25)26/h3-10,15-16,18H,2H2,1H3/t15-,16+,18+/m1/s1.